The third-order valence-corrected chi connectivity index (χ3v) is 4.87. The number of rotatable bonds is 6. The van der Waals surface area contributed by atoms with Crippen molar-refractivity contribution >= 4 is 5.82 Å². The Balaban J connectivity index is 1.95. The Hall–Kier alpha value is -4.09. The van der Waals surface area contributed by atoms with E-state index < -0.39 is 0 Å². The highest BCUT2D eigenvalue weighted by atomic mass is 19.1. The van der Waals surface area contributed by atoms with E-state index in [2.05, 4.69) is 25.0 Å². The third kappa shape index (κ3) is 4.16. The number of nitrogens with zero attached hydrogens (tertiary/aromatic N) is 6. The minimum atomic E-state index is -0.312. The Morgan fingerprint density at radius 2 is 1.43 bits per heavy atom. The Kier molecular flexibility index (Phi) is 5.73. The molecule has 0 aliphatic rings. The molecule has 7 heteroatoms. The van der Waals surface area contributed by atoms with Crippen LogP contribution in [0.15, 0.2) is 96.6 Å². The first-order chi connectivity index (χ1) is 14.8. The SMILES string of the molecule is [N-]=[N+]=Nc1cccc(C(c2ccc(F)cc2)C(c2cccnc2)c2cccnc2)n1. The standard InChI is InChI=1S/C23H17FN6/c24-19-10-8-16(9-11-19)23(20-6-1-7-21(28-20)29-30-25)22(17-4-2-12-26-14-17)18-5-3-13-27-15-18/h1-15,22-23H. The predicted octanol–water partition coefficient (Wildman–Crippen LogP) is 5.92. The van der Waals surface area contributed by atoms with Gasteiger partial charge in [0.2, 0.25) is 0 Å². The van der Waals surface area contributed by atoms with E-state index in [1.54, 1.807) is 36.7 Å². The van der Waals surface area contributed by atoms with Crippen LogP contribution in [0.1, 0.15) is 34.2 Å². The Morgan fingerprint density at radius 1 is 0.767 bits per heavy atom. The molecule has 0 aliphatic heterocycles. The van der Waals surface area contributed by atoms with Gasteiger partial charge >= 0.3 is 0 Å². The van der Waals surface area contributed by atoms with Gasteiger partial charge in [-0.15, -0.1) is 0 Å². The van der Waals surface area contributed by atoms with Crippen LogP contribution in [0.4, 0.5) is 10.2 Å². The highest BCUT2D eigenvalue weighted by Gasteiger charge is 2.30. The summed E-state index contributed by atoms with van der Waals surface area (Å²) in [6, 6.07) is 19.5. The number of hydrogen-bond donors (Lipinski definition) is 0. The number of halogens is 1. The topological polar surface area (TPSA) is 87.4 Å². The summed E-state index contributed by atoms with van der Waals surface area (Å²) < 4.78 is 13.7. The molecule has 4 aromatic rings. The molecule has 0 amide bonds. The maximum absolute atomic E-state index is 13.7. The smallest absolute Gasteiger partial charge is 0.127 e. The molecule has 0 aliphatic carbocycles. The van der Waals surface area contributed by atoms with Crippen LogP contribution in [0, 0.1) is 5.82 Å². The highest BCUT2D eigenvalue weighted by molar-refractivity contribution is 5.43. The zero-order chi connectivity index (χ0) is 20.8. The van der Waals surface area contributed by atoms with Crippen LogP contribution in [-0.4, -0.2) is 15.0 Å². The molecular formula is C23H17FN6. The molecule has 4 rings (SSSR count). The Bertz CT molecular complexity index is 1120. The zero-order valence-electron chi connectivity index (χ0n) is 15.9. The van der Waals surface area contributed by atoms with Crippen molar-refractivity contribution in [3.8, 4) is 0 Å². The fourth-order valence-electron chi connectivity index (χ4n) is 3.62. The van der Waals surface area contributed by atoms with Crippen LogP contribution >= 0.6 is 0 Å². The largest absolute Gasteiger partial charge is 0.264 e. The van der Waals surface area contributed by atoms with Crippen LogP contribution in [0.2, 0.25) is 0 Å². The first kappa shape index (κ1) is 19.2. The number of azide groups is 1. The zero-order valence-corrected chi connectivity index (χ0v) is 15.9. The van der Waals surface area contributed by atoms with Gasteiger partial charge in [0.1, 0.15) is 11.6 Å². The molecule has 30 heavy (non-hydrogen) atoms. The summed E-state index contributed by atoms with van der Waals surface area (Å²) in [4.78, 5) is 16.0. The van der Waals surface area contributed by atoms with Gasteiger partial charge < -0.3 is 0 Å². The number of pyridine rings is 3. The van der Waals surface area contributed by atoms with Crippen molar-refractivity contribution in [3.63, 3.8) is 0 Å². The molecular weight excluding hydrogens is 379 g/mol. The molecule has 0 saturated carbocycles. The van der Waals surface area contributed by atoms with Gasteiger partial charge in [-0.1, -0.05) is 30.3 Å². The van der Waals surface area contributed by atoms with E-state index in [0.717, 1.165) is 16.7 Å². The molecule has 0 saturated heterocycles. The highest BCUT2D eigenvalue weighted by Crippen LogP contribution is 2.42. The monoisotopic (exact) mass is 396 g/mol. The molecule has 146 valence electrons. The number of hydrogen-bond acceptors (Lipinski definition) is 4. The second kappa shape index (κ2) is 8.94. The van der Waals surface area contributed by atoms with E-state index in [1.807, 2.05) is 42.7 Å². The Morgan fingerprint density at radius 3 is 2.00 bits per heavy atom. The normalized spacial score (nSPS) is 11.7. The lowest BCUT2D eigenvalue weighted by atomic mass is 9.76. The third-order valence-electron chi connectivity index (χ3n) is 4.87. The second-order valence-corrected chi connectivity index (χ2v) is 6.69. The van der Waals surface area contributed by atoms with Gasteiger partial charge in [0.25, 0.3) is 0 Å². The summed E-state index contributed by atoms with van der Waals surface area (Å²) in [6.45, 7) is 0. The summed E-state index contributed by atoms with van der Waals surface area (Å²) in [5.74, 6) is -0.509. The molecule has 3 aromatic heterocycles. The molecule has 6 nitrogen and oxygen atoms in total. The van der Waals surface area contributed by atoms with Gasteiger partial charge in [-0.05, 0) is 63.7 Å². The fraction of sp³-hybridized carbons (Fsp3) is 0.0870. The van der Waals surface area contributed by atoms with Crippen molar-refractivity contribution in [1.29, 1.82) is 0 Å². The van der Waals surface area contributed by atoms with E-state index in [-0.39, 0.29) is 23.5 Å². The van der Waals surface area contributed by atoms with Crippen molar-refractivity contribution in [3.05, 3.63) is 130 Å². The second-order valence-electron chi connectivity index (χ2n) is 6.69. The summed E-state index contributed by atoms with van der Waals surface area (Å²) in [5, 5.41) is 3.65. The van der Waals surface area contributed by atoms with Crippen LogP contribution < -0.4 is 0 Å². The van der Waals surface area contributed by atoms with Crippen molar-refractivity contribution < 1.29 is 4.39 Å². The molecule has 3 heterocycles. The first-order valence-corrected chi connectivity index (χ1v) is 9.33. The molecule has 0 spiro atoms. The molecule has 1 atom stereocenters. The summed E-state index contributed by atoms with van der Waals surface area (Å²) >= 11 is 0. The fourth-order valence-corrected chi connectivity index (χ4v) is 3.62. The van der Waals surface area contributed by atoms with Gasteiger partial charge in [-0.25, -0.2) is 4.39 Å². The van der Waals surface area contributed by atoms with E-state index in [9.17, 15) is 4.39 Å². The van der Waals surface area contributed by atoms with Crippen LogP contribution in [0.5, 0.6) is 0 Å². The van der Waals surface area contributed by atoms with Crippen molar-refractivity contribution in [2.45, 2.75) is 11.8 Å². The molecule has 1 aromatic carbocycles. The maximum Gasteiger partial charge on any atom is 0.127 e. The van der Waals surface area contributed by atoms with Crippen molar-refractivity contribution in [1.82, 2.24) is 15.0 Å². The Labute approximate surface area is 172 Å². The van der Waals surface area contributed by atoms with Gasteiger partial charge in [0, 0.05) is 47.2 Å². The molecule has 0 N–H and O–H groups in total. The predicted molar refractivity (Wildman–Crippen MR) is 112 cm³/mol. The van der Waals surface area contributed by atoms with E-state index in [0.29, 0.717) is 5.69 Å². The molecule has 0 fully saturated rings. The molecule has 1 unspecified atom stereocenters. The van der Waals surface area contributed by atoms with Gasteiger partial charge in [-0.3, -0.25) is 15.0 Å². The van der Waals surface area contributed by atoms with Crippen LogP contribution in [0.25, 0.3) is 10.4 Å². The van der Waals surface area contributed by atoms with E-state index in [1.165, 1.54) is 12.1 Å². The van der Waals surface area contributed by atoms with Crippen LogP contribution in [-0.2, 0) is 0 Å². The van der Waals surface area contributed by atoms with Crippen molar-refractivity contribution in [2.75, 3.05) is 0 Å². The first-order valence-electron chi connectivity index (χ1n) is 9.33. The van der Waals surface area contributed by atoms with Gasteiger partial charge in [-0.2, -0.15) is 0 Å². The number of benzene rings is 1. The number of aromatic nitrogens is 3. The average Bonchev–Trinajstić information content (AvgIpc) is 2.80. The van der Waals surface area contributed by atoms with Crippen molar-refractivity contribution in [2.24, 2.45) is 5.11 Å². The molecule has 0 bridgehead atoms. The average molecular weight is 396 g/mol. The van der Waals surface area contributed by atoms with E-state index in [4.69, 9.17) is 5.53 Å². The lowest BCUT2D eigenvalue weighted by Crippen LogP contribution is -2.16. The lowest BCUT2D eigenvalue weighted by Gasteiger charge is -2.28. The summed E-state index contributed by atoms with van der Waals surface area (Å²) in [5.41, 5.74) is 12.3. The lowest BCUT2D eigenvalue weighted by molar-refractivity contribution is 0.622. The minimum absolute atomic E-state index is 0.188. The van der Waals surface area contributed by atoms with Gasteiger partial charge in [0.15, 0.2) is 0 Å². The summed E-state index contributed by atoms with van der Waals surface area (Å²) in [6.07, 6.45) is 7.06. The quantitative estimate of drug-likeness (QED) is 0.230. The minimum Gasteiger partial charge on any atom is -0.264 e. The van der Waals surface area contributed by atoms with Crippen LogP contribution in [0.3, 0.4) is 0 Å². The molecule has 0 radical (unpaired) electrons. The van der Waals surface area contributed by atoms with Gasteiger partial charge in [0.05, 0.1) is 0 Å². The van der Waals surface area contributed by atoms with E-state index >= 15 is 0 Å². The summed E-state index contributed by atoms with van der Waals surface area (Å²) in [7, 11) is 0. The maximum atomic E-state index is 13.7.